The number of aromatic nitrogens is 2. The second-order valence-corrected chi connectivity index (χ2v) is 4.66. The second-order valence-electron chi connectivity index (χ2n) is 4.66. The third-order valence-corrected chi connectivity index (χ3v) is 3.14. The van der Waals surface area contributed by atoms with E-state index in [1.165, 1.54) is 16.7 Å². The Labute approximate surface area is 108 Å². The highest BCUT2D eigenvalue weighted by Crippen LogP contribution is 2.28. The summed E-state index contributed by atoms with van der Waals surface area (Å²) in [6.07, 6.45) is 0. The van der Waals surface area contributed by atoms with Gasteiger partial charge in [-0.25, -0.2) is 9.97 Å². The van der Waals surface area contributed by atoms with Gasteiger partial charge < -0.3 is 5.32 Å². The van der Waals surface area contributed by atoms with Crippen molar-refractivity contribution in [1.82, 2.24) is 9.97 Å². The molecule has 0 bridgehead atoms. The molecular formula is C15H19N3. The summed E-state index contributed by atoms with van der Waals surface area (Å²) < 4.78 is 0. The lowest BCUT2D eigenvalue weighted by Gasteiger charge is -2.13. The molecule has 0 saturated carbocycles. The summed E-state index contributed by atoms with van der Waals surface area (Å²) in [5.41, 5.74) is 5.79. The zero-order valence-corrected chi connectivity index (χ0v) is 11.6. The van der Waals surface area contributed by atoms with Gasteiger partial charge in [0.2, 0.25) is 0 Å². The Morgan fingerprint density at radius 1 is 1.00 bits per heavy atom. The molecule has 1 heterocycles. The molecule has 0 amide bonds. The molecule has 0 radical (unpaired) electrons. The van der Waals surface area contributed by atoms with Gasteiger partial charge in [0.15, 0.2) is 0 Å². The van der Waals surface area contributed by atoms with Gasteiger partial charge in [0.05, 0.1) is 5.69 Å². The topological polar surface area (TPSA) is 37.8 Å². The van der Waals surface area contributed by atoms with E-state index in [2.05, 4.69) is 54.3 Å². The van der Waals surface area contributed by atoms with Crippen LogP contribution in [0.15, 0.2) is 18.2 Å². The van der Waals surface area contributed by atoms with Crippen LogP contribution in [0.1, 0.15) is 22.5 Å². The van der Waals surface area contributed by atoms with Gasteiger partial charge in [-0.15, -0.1) is 0 Å². The van der Waals surface area contributed by atoms with Crippen molar-refractivity contribution < 1.29 is 0 Å². The summed E-state index contributed by atoms with van der Waals surface area (Å²) in [5.74, 6) is 1.69. The van der Waals surface area contributed by atoms with Gasteiger partial charge in [0, 0.05) is 18.2 Å². The number of anilines is 1. The van der Waals surface area contributed by atoms with Gasteiger partial charge in [-0.3, -0.25) is 0 Å². The highest BCUT2D eigenvalue weighted by Gasteiger charge is 2.12. The average Bonchev–Trinajstić information content (AvgIpc) is 2.35. The predicted octanol–water partition coefficient (Wildman–Crippen LogP) is 3.42. The van der Waals surface area contributed by atoms with Crippen molar-refractivity contribution in [3.05, 3.63) is 40.7 Å². The van der Waals surface area contributed by atoms with E-state index in [0.717, 1.165) is 22.9 Å². The summed E-state index contributed by atoms with van der Waals surface area (Å²) in [6, 6.07) is 6.45. The number of nitrogens with one attached hydrogen (secondary N) is 1. The van der Waals surface area contributed by atoms with Crippen LogP contribution in [0.5, 0.6) is 0 Å². The van der Waals surface area contributed by atoms with Crippen LogP contribution in [0.4, 0.5) is 5.82 Å². The maximum atomic E-state index is 4.60. The van der Waals surface area contributed by atoms with Crippen LogP contribution in [-0.2, 0) is 0 Å². The number of hydrogen-bond donors (Lipinski definition) is 1. The fraction of sp³-hybridized carbons (Fsp3) is 0.333. The molecule has 0 fully saturated rings. The maximum absolute atomic E-state index is 4.60. The van der Waals surface area contributed by atoms with E-state index in [1.54, 1.807) is 0 Å². The Morgan fingerprint density at radius 3 is 2.39 bits per heavy atom. The van der Waals surface area contributed by atoms with Gasteiger partial charge >= 0.3 is 0 Å². The summed E-state index contributed by atoms with van der Waals surface area (Å²) in [4.78, 5) is 9.01. The van der Waals surface area contributed by atoms with Crippen LogP contribution >= 0.6 is 0 Å². The molecule has 0 aliphatic carbocycles. The molecule has 0 saturated heterocycles. The van der Waals surface area contributed by atoms with Crippen molar-refractivity contribution in [2.75, 3.05) is 12.4 Å². The lowest BCUT2D eigenvalue weighted by molar-refractivity contribution is 1.03. The van der Waals surface area contributed by atoms with E-state index >= 15 is 0 Å². The second kappa shape index (κ2) is 4.77. The van der Waals surface area contributed by atoms with Crippen LogP contribution in [0.2, 0.25) is 0 Å². The molecule has 1 N–H and O–H groups in total. The molecule has 1 aromatic heterocycles. The predicted molar refractivity (Wildman–Crippen MR) is 76.0 cm³/mol. The quantitative estimate of drug-likeness (QED) is 0.875. The van der Waals surface area contributed by atoms with Crippen LogP contribution in [0.25, 0.3) is 11.3 Å². The Morgan fingerprint density at radius 2 is 1.72 bits per heavy atom. The minimum Gasteiger partial charge on any atom is -0.373 e. The Hall–Kier alpha value is -1.90. The molecular weight excluding hydrogens is 222 g/mol. The van der Waals surface area contributed by atoms with Gasteiger partial charge in [-0.2, -0.15) is 0 Å². The van der Waals surface area contributed by atoms with Crippen LogP contribution in [-0.4, -0.2) is 17.0 Å². The van der Waals surface area contributed by atoms with Gasteiger partial charge in [0.25, 0.3) is 0 Å². The minimum absolute atomic E-state index is 0.792. The molecule has 18 heavy (non-hydrogen) atoms. The van der Waals surface area contributed by atoms with Gasteiger partial charge in [0.1, 0.15) is 11.6 Å². The van der Waals surface area contributed by atoms with Gasteiger partial charge in [-0.1, -0.05) is 17.7 Å². The van der Waals surface area contributed by atoms with Crippen LogP contribution in [0, 0.1) is 27.7 Å². The smallest absolute Gasteiger partial charge is 0.132 e. The molecule has 0 unspecified atom stereocenters. The fourth-order valence-corrected chi connectivity index (χ4v) is 2.13. The average molecular weight is 241 g/mol. The van der Waals surface area contributed by atoms with E-state index in [9.17, 15) is 0 Å². The number of nitrogens with zero attached hydrogens (tertiary/aromatic N) is 2. The standard InChI is InChI=1S/C15H19N3/c1-9-6-7-10(2)13(8-9)14-11(3)15(16-5)18-12(4)17-14/h6-8H,1-5H3,(H,16,17,18). The van der Waals surface area contributed by atoms with Crippen LogP contribution in [0.3, 0.4) is 0 Å². The summed E-state index contributed by atoms with van der Waals surface area (Å²) in [7, 11) is 1.89. The third-order valence-electron chi connectivity index (χ3n) is 3.14. The summed E-state index contributed by atoms with van der Waals surface area (Å²) >= 11 is 0. The number of benzene rings is 1. The van der Waals surface area contributed by atoms with E-state index in [4.69, 9.17) is 0 Å². The highest BCUT2D eigenvalue weighted by molar-refractivity contribution is 5.71. The molecule has 2 aromatic rings. The Balaban J connectivity index is 2.70. The maximum Gasteiger partial charge on any atom is 0.132 e. The number of aryl methyl sites for hydroxylation is 3. The first-order valence-corrected chi connectivity index (χ1v) is 6.13. The molecule has 0 spiro atoms. The Bertz CT molecular complexity index is 589. The van der Waals surface area contributed by atoms with E-state index < -0.39 is 0 Å². The molecule has 2 rings (SSSR count). The number of hydrogen-bond acceptors (Lipinski definition) is 3. The number of rotatable bonds is 2. The minimum atomic E-state index is 0.792. The SMILES string of the molecule is CNc1nc(C)nc(-c2cc(C)ccc2C)c1C. The normalized spacial score (nSPS) is 10.5. The molecule has 1 aromatic carbocycles. The Kier molecular flexibility index (Phi) is 3.32. The van der Waals surface area contributed by atoms with E-state index in [1.807, 2.05) is 14.0 Å². The van der Waals surface area contributed by atoms with E-state index in [-0.39, 0.29) is 0 Å². The van der Waals surface area contributed by atoms with E-state index in [0.29, 0.717) is 0 Å². The summed E-state index contributed by atoms with van der Waals surface area (Å²) in [5, 5.41) is 3.13. The fourth-order valence-electron chi connectivity index (χ4n) is 2.13. The molecule has 0 atom stereocenters. The monoisotopic (exact) mass is 241 g/mol. The largest absolute Gasteiger partial charge is 0.373 e. The first kappa shape index (κ1) is 12.6. The molecule has 3 nitrogen and oxygen atoms in total. The molecule has 0 aliphatic rings. The lowest BCUT2D eigenvalue weighted by atomic mass is 10.00. The summed E-state index contributed by atoms with van der Waals surface area (Å²) in [6.45, 7) is 8.20. The van der Waals surface area contributed by atoms with Crippen molar-refractivity contribution in [2.24, 2.45) is 0 Å². The van der Waals surface area contributed by atoms with Crippen molar-refractivity contribution in [3.63, 3.8) is 0 Å². The van der Waals surface area contributed by atoms with Crippen molar-refractivity contribution in [1.29, 1.82) is 0 Å². The molecule has 94 valence electrons. The highest BCUT2D eigenvalue weighted by atomic mass is 15.0. The molecule has 3 heteroatoms. The third kappa shape index (κ3) is 2.21. The van der Waals surface area contributed by atoms with Crippen molar-refractivity contribution in [2.45, 2.75) is 27.7 Å². The zero-order valence-electron chi connectivity index (χ0n) is 11.6. The first-order valence-electron chi connectivity index (χ1n) is 6.13. The molecule has 0 aliphatic heterocycles. The zero-order chi connectivity index (χ0) is 13.3. The van der Waals surface area contributed by atoms with Gasteiger partial charge in [-0.05, 0) is 39.3 Å². The lowest BCUT2D eigenvalue weighted by Crippen LogP contribution is -2.03. The van der Waals surface area contributed by atoms with Crippen LogP contribution < -0.4 is 5.32 Å². The first-order chi connectivity index (χ1) is 8.52. The van der Waals surface area contributed by atoms with Crippen molar-refractivity contribution >= 4 is 5.82 Å². The van der Waals surface area contributed by atoms with Crippen molar-refractivity contribution in [3.8, 4) is 11.3 Å².